The van der Waals surface area contributed by atoms with Crippen LogP contribution in [0.3, 0.4) is 0 Å². The lowest BCUT2D eigenvalue weighted by molar-refractivity contribution is -0.206. The molecule has 2 aliphatic rings. The number of aryl methyl sites for hydroxylation is 1. The van der Waals surface area contributed by atoms with Crippen LogP contribution in [0, 0.1) is 13.8 Å². The zero-order chi connectivity index (χ0) is 30.1. The van der Waals surface area contributed by atoms with Crippen LogP contribution in [-0.4, -0.2) is 68.5 Å². The minimum absolute atomic E-state index is 0.0387. The van der Waals surface area contributed by atoms with Crippen molar-refractivity contribution in [2.75, 3.05) is 13.7 Å². The third-order valence-corrected chi connectivity index (χ3v) is 7.53. The van der Waals surface area contributed by atoms with Crippen molar-refractivity contribution in [3.05, 3.63) is 74.3 Å². The molecule has 0 bridgehead atoms. The van der Waals surface area contributed by atoms with Gasteiger partial charge in [0.2, 0.25) is 5.78 Å². The van der Waals surface area contributed by atoms with Gasteiger partial charge < -0.3 is 39.7 Å². The Morgan fingerprint density at radius 3 is 2.22 bits per heavy atom. The number of rotatable bonds is 4. The number of aliphatic hydroxyl groups is 1. The summed E-state index contributed by atoms with van der Waals surface area (Å²) < 4.78 is 15.7. The molecule has 12 heteroatoms. The summed E-state index contributed by atoms with van der Waals surface area (Å²) >= 11 is 0. The van der Waals surface area contributed by atoms with Crippen molar-refractivity contribution < 1.29 is 58.9 Å². The molecule has 212 valence electrons. The van der Waals surface area contributed by atoms with Gasteiger partial charge in [-0.2, -0.15) is 0 Å². The van der Waals surface area contributed by atoms with Crippen LogP contribution < -0.4 is 4.74 Å². The number of benzene rings is 3. The largest absolute Gasteiger partial charge is 0.508 e. The number of hydrogen-bond acceptors (Lipinski definition) is 12. The van der Waals surface area contributed by atoms with Crippen molar-refractivity contribution in [2.24, 2.45) is 0 Å². The molecule has 3 aromatic carbocycles. The Morgan fingerprint density at radius 1 is 0.927 bits per heavy atom. The van der Waals surface area contributed by atoms with E-state index in [2.05, 4.69) is 0 Å². The van der Waals surface area contributed by atoms with E-state index in [1.54, 1.807) is 6.92 Å². The van der Waals surface area contributed by atoms with Gasteiger partial charge in [0.05, 0.1) is 24.2 Å². The molecule has 1 heterocycles. The Morgan fingerprint density at radius 2 is 1.56 bits per heavy atom. The van der Waals surface area contributed by atoms with Gasteiger partial charge in [0.15, 0.2) is 12.4 Å². The predicted octanol–water partition coefficient (Wildman–Crippen LogP) is 2.73. The lowest BCUT2D eigenvalue weighted by atomic mass is 9.81. The highest BCUT2D eigenvalue weighted by atomic mass is 16.7. The number of phenolic OH excluding ortho intramolecular Hbond substituents is 4. The van der Waals surface area contributed by atoms with Crippen molar-refractivity contribution >= 4 is 23.5 Å². The predicted molar refractivity (Wildman–Crippen MR) is 138 cm³/mol. The normalized spacial score (nSPS) is 19.1. The van der Waals surface area contributed by atoms with Crippen molar-refractivity contribution in [2.45, 2.75) is 32.5 Å². The summed E-state index contributed by atoms with van der Waals surface area (Å²) in [5.74, 6) is -9.63. The molecule has 0 saturated heterocycles. The Bertz CT molecular complexity index is 1720. The van der Waals surface area contributed by atoms with Crippen LogP contribution in [-0.2, 0) is 9.47 Å². The monoisotopic (exact) mass is 564 g/mol. The Hall–Kier alpha value is -5.10. The van der Waals surface area contributed by atoms with E-state index in [4.69, 9.17) is 14.2 Å². The van der Waals surface area contributed by atoms with Crippen LogP contribution in [0.2, 0.25) is 0 Å². The first-order valence-electron chi connectivity index (χ1n) is 12.3. The van der Waals surface area contributed by atoms with E-state index in [1.807, 2.05) is 0 Å². The lowest BCUT2D eigenvalue weighted by Gasteiger charge is -2.38. The highest BCUT2D eigenvalue weighted by Gasteiger charge is 2.49. The van der Waals surface area contributed by atoms with Crippen LogP contribution in [0.25, 0.3) is 0 Å². The number of cyclic esters (lactones) is 1. The van der Waals surface area contributed by atoms with E-state index in [9.17, 15) is 44.7 Å². The summed E-state index contributed by atoms with van der Waals surface area (Å²) in [5, 5.41) is 52.6. The number of carbonyl (C=O) groups is 4. The number of hydrogen-bond donors (Lipinski definition) is 5. The SMILES string of the molecule is COc1cc(O)c2c(c1C)[C@H](C)C(O)(COC(=O)c1c(C)cc3c(c1O)C(=O)c1c(O)cc(O)cc1C3=O)OC2=O. The smallest absolute Gasteiger partial charge is 0.344 e. The van der Waals surface area contributed by atoms with Gasteiger partial charge in [0.25, 0.3) is 5.79 Å². The van der Waals surface area contributed by atoms with Crippen molar-refractivity contribution in [3.8, 4) is 28.7 Å². The quantitative estimate of drug-likeness (QED) is 0.228. The Kier molecular flexibility index (Phi) is 6.19. The van der Waals surface area contributed by atoms with Gasteiger partial charge in [-0.1, -0.05) is 6.92 Å². The zero-order valence-corrected chi connectivity index (χ0v) is 22.2. The number of ether oxygens (including phenoxy) is 3. The molecular formula is C29H24O12. The highest BCUT2D eigenvalue weighted by molar-refractivity contribution is 6.31. The van der Waals surface area contributed by atoms with Gasteiger partial charge >= 0.3 is 11.9 Å². The van der Waals surface area contributed by atoms with E-state index in [0.29, 0.717) is 5.56 Å². The minimum Gasteiger partial charge on any atom is -0.508 e. The number of methoxy groups -OCH3 is 1. The number of fused-ring (bicyclic) bond motifs is 3. The number of carbonyl (C=O) groups excluding carboxylic acids is 4. The van der Waals surface area contributed by atoms with E-state index >= 15 is 0 Å². The summed E-state index contributed by atoms with van der Waals surface area (Å²) in [6.07, 6.45) is 0. The molecule has 0 spiro atoms. The average molecular weight is 564 g/mol. The van der Waals surface area contributed by atoms with Gasteiger partial charge in [-0.15, -0.1) is 0 Å². The number of ketones is 2. The van der Waals surface area contributed by atoms with Gasteiger partial charge in [-0.3, -0.25) is 9.59 Å². The molecule has 0 fully saturated rings. The first-order valence-corrected chi connectivity index (χ1v) is 12.3. The average Bonchev–Trinajstić information content (AvgIpc) is 2.89. The molecule has 3 aromatic rings. The summed E-state index contributed by atoms with van der Waals surface area (Å²) in [6, 6.07) is 4.29. The highest BCUT2D eigenvalue weighted by Crippen LogP contribution is 2.46. The third kappa shape index (κ3) is 3.94. The van der Waals surface area contributed by atoms with Crippen molar-refractivity contribution in [3.63, 3.8) is 0 Å². The van der Waals surface area contributed by atoms with E-state index in [1.165, 1.54) is 33.1 Å². The topological polar surface area (TPSA) is 197 Å². The Labute approximate surface area is 232 Å². The molecule has 1 aliphatic carbocycles. The lowest BCUT2D eigenvalue weighted by Crippen LogP contribution is -2.48. The van der Waals surface area contributed by atoms with Gasteiger partial charge in [0.1, 0.15) is 39.9 Å². The second-order valence-corrected chi connectivity index (χ2v) is 9.93. The molecule has 1 unspecified atom stereocenters. The summed E-state index contributed by atoms with van der Waals surface area (Å²) in [4.78, 5) is 52.2. The molecular weight excluding hydrogens is 540 g/mol. The van der Waals surface area contributed by atoms with Crippen LogP contribution in [0.1, 0.15) is 82.1 Å². The standard InChI is InChI=1S/C29H24O12/c1-10-5-14-22(26(35)21-15(24(14)33)6-13(30)7-16(21)31)25(34)19(10)27(36)40-9-29(38)12(3)20-11(2)18(39-4)8-17(32)23(20)28(37)41-29/h5-8,12,30-32,34,38H,9H2,1-4H3/t12-,29?/m0/s1. The summed E-state index contributed by atoms with van der Waals surface area (Å²) in [6.45, 7) is 3.57. The molecule has 41 heavy (non-hydrogen) atoms. The van der Waals surface area contributed by atoms with E-state index in [0.717, 1.165) is 12.1 Å². The molecule has 5 rings (SSSR count). The first-order chi connectivity index (χ1) is 19.2. The van der Waals surface area contributed by atoms with Crippen molar-refractivity contribution in [1.29, 1.82) is 0 Å². The second-order valence-electron chi connectivity index (χ2n) is 9.93. The molecule has 0 saturated carbocycles. The van der Waals surface area contributed by atoms with Crippen molar-refractivity contribution in [1.82, 2.24) is 0 Å². The van der Waals surface area contributed by atoms with Gasteiger partial charge in [0, 0.05) is 23.3 Å². The third-order valence-electron chi connectivity index (χ3n) is 7.53. The maximum absolute atomic E-state index is 13.2. The zero-order valence-electron chi connectivity index (χ0n) is 22.2. The van der Waals surface area contributed by atoms with Crippen LogP contribution in [0.4, 0.5) is 0 Å². The molecule has 0 radical (unpaired) electrons. The molecule has 1 aliphatic heterocycles. The summed E-state index contributed by atoms with van der Waals surface area (Å²) in [5.41, 5.74) is -1.51. The van der Waals surface area contributed by atoms with Gasteiger partial charge in [-0.05, 0) is 42.7 Å². The molecule has 0 amide bonds. The molecule has 5 N–H and O–H groups in total. The fourth-order valence-corrected chi connectivity index (χ4v) is 5.42. The summed E-state index contributed by atoms with van der Waals surface area (Å²) in [7, 11) is 1.36. The van der Waals surface area contributed by atoms with E-state index in [-0.39, 0.29) is 33.6 Å². The molecule has 12 nitrogen and oxygen atoms in total. The fourth-order valence-electron chi connectivity index (χ4n) is 5.42. The second kappa shape index (κ2) is 9.24. The minimum atomic E-state index is -2.39. The van der Waals surface area contributed by atoms with E-state index < -0.39 is 81.5 Å². The number of aromatic hydroxyl groups is 4. The van der Waals surface area contributed by atoms with Crippen LogP contribution in [0.5, 0.6) is 28.7 Å². The maximum Gasteiger partial charge on any atom is 0.344 e. The molecule has 0 aromatic heterocycles. The van der Waals surface area contributed by atoms with Crippen LogP contribution >= 0.6 is 0 Å². The van der Waals surface area contributed by atoms with Crippen LogP contribution in [0.15, 0.2) is 24.3 Å². The maximum atomic E-state index is 13.2. The number of phenols is 4. The molecule has 2 atom stereocenters. The number of esters is 2. The first kappa shape index (κ1) is 27.5. The Balaban J connectivity index is 1.49. The van der Waals surface area contributed by atoms with Gasteiger partial charge in [-0.25, -0.2) is 9.59 Å². The fraction of sp³-hybridized carbons (Fsp3) is 0.241.